The lowest BCUT2D eigenvalue weighted by molar-refractivity contribution is 0.0284. The number of para-hydroxylation sites is 1. The number of likely N-dealkylation sites (tertiary alicyclic amines) is 2. The number of ether oxygens (including phenoxy) is 1. The molecule has 2 fully saturated rings. The van der Waals surface area contributed by atoms with Crippen molar-refractivity contribution >= 4 is 17.5 Å². The number of halogens is 1. The van der Waals surface area contributed by atoms with Gasteiger partial charge in [0.1, 0.15) is 11.5 Å². The van der Waals surface area contributed by atoms with Gasteiger partial charge in [0.15, 0.2) is 0 Å². The number of carbonyl (C=O) groups excluding carboxylic acids is 1. The van der Waals surface area contributed by atoms with Crippen molar-refractivity contribution in [2.45, 2.75) is 58.4 Å². The maximum atomic E-state index is 12.9. The third kappa shape index (κ3) is 6.24. The van der Waals surface area contributed by atoms with Crippen molar-refractivity contribution in [2.75, 3.05) is 26.2 Å². The minimum absolute atomic E-state index is 0.124. The third-order valence-electron chi connectivity index (χ3n) is 8.43. The van der Waals surface area contributed by atoms with Crippen molar-refractivity contribution in [1.82, 2.24) is 9.80 Å². The van der Waals surface area contributed by atoms with Gasteiger partial charge in [-0.1, -0.05) is 62.7 Å². The minimum atomic E-state index is 0.124. The third-order valence-corrected chi connectivity index (χ3v) is 8.69. The van der Waals surface area contributed by atoms with Gasteiger partial charge in [0.05, 0.1) is 0 Å². The number of rotatable bonds is 5. The first-order valence-corrected chi connectivity index (χ1v) is 14.2. The van der Waals surface area contributed by atoms with Crippen molar-refractivity contribution in [3.05, 3.63) is 94.5 Å². The summed E-state index contributed by atoms with van der Waals surface area (Å²) in [5.41, 5.74) is 3.75. The summed E-state index contributed by atoms with van der Waals surface area (Å²) in [6, 6.07) is 24.1. The molecule has 0 radical (unpaired) electrons. The van der Waals surface area contributed by atoms with Gasteiger partial charge in [0.2, 0.25) is 0 Å². The van der Waals surface area contributed by atoms with E-state index in [0.717, 1.165) is 62.6 Å². The molecule has 5 heteroatoms. The van der Waals surface area contributed by atoms with Gasteiger partial charge in [0, 0.05) is 35.8 Å². The zero-order valence-electron chi connectivity index (χ0n) is 22.9. The molecule has 0 saturated carbocycles. The molecule has 1 spiro atoms. The molecular weight excluding hydrogens is 492 g/mol. The van der Waals surface area contributed by atoms with Gasteiger partial charge in [-0.05, 0) is 97.6 Å². The quantitative estimate of drug-likeness (QED) is 0.335. The summed E-state index contributed by atoms with van der Waals surface area (Å²) >= 11 is 5.99. The number of hydrogen-bond acceptors (Lipinski definition) is 3. The van der Waals surface area contributed by atoms with E-state index in [-0.39, 0.29) is 11.3 Å². The molecule has 0 atom stereocenters. The molecule has 0 N–H and O–H groups in total. The van der Waals surface area contributed by atoms with Crippen molar-refractivity contribution in [1.29, 1.82) is 0 Å². The van der Waals surface area contributed by atoms with Gasteiger partial charge in [-0.2, -0.15) is 0 Å². The van der Waals surface area contributed by atoms with Crippen LogP contribution < -0.4 is 4.74 Å². The Labute approximate surface area is 232 Å². The van der Waals surface area contributed by atoms with E-state index in [2.05, 4.69) is 68.1 Å². The van der Waals surface area contributed by atoms with E-state index in [0.29, 0.717) is 10.4 Å². The predicted octanol–water partition coefficient (Wildman–Crippen LogP) is 7.95. The molecule has 0 bridgehead atoms. The summed E-state index contributed by atoms with van der Waals surface area (Å²) in [5.74, 6) is 1.94. The fourth-order valence-electron chi connectivity index (χ4n) is 5.77. The Kier molecular flexibility index (Phi) is 7.83. The van der Waals surface area contributed by atoms with Gasteiger partial charge < -0.3 is 9.64 Å². The second-order valence-corrected chi connectivity index (χ2v) is 12.5. The second kappa shape index (κ2) is 11.1. The fourth-order valence-corrected chi connectivity index (χ4v) is 5.90. The summed E-state index contributed by atoms with van der Waals surface area (Å²) in [6.07, 6.45) is 4.55. The molecule has 2 aliphatic rings. The normalized spacial score (nSPS) is 17.9. The first-order chi connectivity index (χ1) is 18.2. The Hall–Kier alpha value is -2.82. The van der Waals surface area contributed by atoms with Crippen LogP contribution in [-0.4, -0.2) is 41.9 Å². The van der Waals surface area contributed by atoms with Crippen LogP contribution in [-0.2, 0) is 12.0 Å². The Morgan fingerprint density at radius 2 is 1.45 bits per heavy atom. The Bertz CT molecular complexity index is 1230. The zero-order chi connectivity index (χ0) is 26.8. The van der Waals surface area contributed by atoms with Crippen molar-refractivity contribution in [3.63, 3.8) is 0 Å². The van der Waals surface area contributed by atoms with E-state index < -0.39 is 0 Å². The Morgan fingerprint density at radius 1 is 0.842 bits per heavy atom. The largest absolute Gasteiger partial charge is 0.457 e. The van der Waals surface area contributed by atoms with Crippen LogP contribution >= 0.6 is 11.6 Å². The number of hydrogen-bond donors (Lipinski definition) is 0. The predicted molar refractivity (Wildman–Crippen MR) is 155 cm³/mol. The molecule has 4 nitrogen and oxygen atoms in total. The van der Waals surface area contributed by atoms with Gasteiger partial charge in [-0.15, -0.1) is 0 Å². The lowest BCUT2D eigenvalue weighted by atomic mass is 9.71. The molecule has 0 aliphatic carbocycles. The monoisotopic (exact) mass is 530 g/mol. The number of nitrogens with zero attached hydrogens (tertiary/aromatic N) is 2. The summed E-state index contributed by atoms with van der Waals surface area (Å²) in [4.78, 5) is 17.5. The maximum Gasteiger partial charge on any atom is 0.253 e. The van der Waals surface area contributed by atoms with E-state index >= 15 is 0 Å². The summed E-state index contributed by atoms with van der Waals surface area (Å²) < 4.78 is 6.33. The van der Waals surface area contributed by atoms with Crippen molar-refractivity contribution < 1.29 is 9.53 Å². The molecule has 2 saturated heterocycles. The smallest absolute Gasteiger partial charge is 0.253 e. The zero-order valence-corrected chi connectivity index (χ0v) is 23.6. The number of carbonyl (C=O) groups is 1. The van der Waals surface area contributed by atoms with Crippen LogP contribution in [0.25, 0.3) is 0 Å². The minimum Gasteiger partial charge on any atom is -0.457 e. The van der Waals surface area contributed by atoms with Gasteiger partial charge in [-0.25, -0.2) is 0 Å². The van der Waals surface area contributed by atoms with Crippen molar-refractivity contribution in [2.24, 2.45) is 5.41 Å². The molecule has 3 aromatic carbocycles. The van der Waals surface area contributed by atoms with E-state index in [9.17, 15) is 4.79 Å². The van der Waals surface area contributed by atoms with Crippen LogP contribution in [0, 0.1) is 5.41 Å². The van der Waals surface area contributed by atoms with Crippen LogP contribution in [0.4, 0.5) is 0 Å². The fraction of sp³-hybridized carbons (Fsp3) is 0.424. The highest BCUT2D eigenvalue weighted by Crippen LogP contribution is 2.42. The lowest BCUT2D eigenvalue weighted by Crippen LogP contribution is -2.48. The summed E-state index contributed by atoms with van der Waals surface area (Å²) in [7, 11) is 0. The van der Waals surface area contributed by atoms with E-state index in [1.54, 1.807) is 12.1 Å². The summed E-state index contributed by atoms with van der Waals surface area (Å²) in [6.45, 7) is 11.4. The SMILES string of the molecule is CC(C)(C)c1ccc(Oc2ccccc2CN2CCC3(CC2)CCN(C(=O)c2ccc(Cl)cc2)CC3)cc1. The van der Waals surface area contributed by atoms with Crippen LogP contribution in [0.2, 0.25) is 5.02 Å². The van der Waals surface area contributed by atoms with Crippen LogP contribution in [0.1, 0.15) is 67.9 Å². The van der Waals surface area contributed by atoms with E-state index in [1.807, 2.05) is 23.1 Å². The van der Waals surface area contributed by atoms with E-state index in [4.69, 9.17) is 16.3 Å². The standard InChI is InChI=1S/C33H39ClN2O2/c1-32(2,3)27-10-14-29(15-11-27)38-30-7-5-4-6-26(30)24-35-20-16-33(17-21-35)18-22-36(23-19-33)31(37)25-8-12-28(34)13-9-25/h4-15H,16-24H2,1-3H3. The number of benzene rings is 3. The molecule has 1 amide bonds. The summed E-state index contributed by atoms with van der Waals surface area (Å²) in [5, 5.41) is 0.662. The topological polar surface area (TPSA) is 32.8 Å². The molecule has 0 unspecified atom stereocenters. The molecular formula is C33H39ClN2O2. The lowest BCUT2D eigenvalue weighted by Gasteiger charge is -2.47. The highest BCUT2D eigenvalue weighted by Gasteiger charge is 2.38. The maximum absolute atomic E-state index is 12.9. The molecule has 200 valence electrons. The number of piperidine rings is 2. The molecule has 38 heavy (non-hydrogen) atoms. The highest BCUT2D eigenvalue weighted by atomic mass is 35.5. The highest BCUT2D eigenvalue weighted by molar-refractivity contribution is 6.30. The van der Waals surface area contributed by atoms with E-state index in [1.165, 1.54) is 24.0 Å². The number of amides is 1. The van der Waals surface area contributed by atoms with Gasteiger partial charge in [0.25, 0.3) is 5.91 Å². The van der Waals surface area contributed by atoms with Gasteiger partial charge >= 0.3 is 0 Å². The van der Waals surface area contributed by atoms with Gasteiger partial charge in [-0.3, -0.25) is 9.69 Å². The second-order valence-electron chi connectivity index (χ2n) is 12.1. The molecule has 3 aromatic rings. The average molecular weight is 531 g/mol. The molecule has 5 rings (SSSR count). The average Bonchev–Trinajstić information content (AvgIpc) is 2.91. The van der Waals surface area contributed by atoms with Crippen molar-refractivity contribution in [3.8, 4) is 11.5 Å². The Morgan fingerprint density at radius 3 is 2.08 bits per heavy atom. The molecule has 2 aliphatic heterocycles. The molecule has 2 heterocycles. The first kappa shape index (κ1) is 26.8. The first-order valence-electron chi connectivity index (χ1n) is 13.8. The van der Waals surface area contributed by atoms with Crippen LogP contribution in [0.15, 0.2) is 72.8 Å². The molecule has 0 aromatic heterocycles. The van der Waals surface area contributed by atoms with Crippen LogP contribution in [0.5, 0.6) is 11.5 Å². The van der Waals surface area contributed by atoms with Crippen LogP contribution in [0.3, 0.4) is 0 Å². The Balaban J connectivity index is 1.15.